The summed E-state index contributed by atoms with van der Waals surface area (Å²) in [5.74, 6) is 0. The van der Waals surface area contributed by atoms with Crippen LogP contribution >= 0.6 is 0 Å². The Morgan fingerprint density at radius 1 is 1.29 bits per heavy atom. The van der Waals surface area contributed by atoms with E-state index in [4.69, 9.17) is 0 Å². The number of hydrogen-bond donors (Lipinski definition) is 1. The van der Waals surface area contributed by atoms with Gasteiger partial charge in [0, 0.05) is 25.3 Å². The molecule has 0 unspecified atom stereocenters. The van der Waals surface area contributed by atoms with Crippen LogP contribution in [0.3, 0.4) is 0 Å². The smallest absolute Gasteiger partial charge is 0.0906 e. The molecule has 0 aromatic heterocycles. The molecule has 0 saturated carbocycles. The highest BCUT2D eigenvalue weighted by Gasteiger charge is 2.25. The van der Waals surface area contributed by atoms with Crippen LogP contribution in [0.2, 0.25) is 0 Å². The summed E-state index contributed by atoms with van der Waals surface area (Å²) < 4.78 is 12.0. The molecule has 1 aromatic carbocycles. The van der Waals surface area contributed by atoms with Gasteiger partial charge in [0.25, 0.3) is 0 Å². The summed E-state index contributed by atoms with van der Waals surface area (Å²) in [6, 6.07) is 9.15. The van der Waals surface area contributed by atoms with E-state index in [0.29, 0.717) is 12.5 Å². The molecule has 1 heterocycles. The van der Waals surface area contributed by atoms with Gasteiger partial charge in [-0.2, -0.15) is 0 Å². The van der Waals surface area contributed by atoms with Gasteiger partial charge in [0.15, 0.2) is 0 Å². The Balaban J connectivity index is 1.72. The lowest BCUT2D eigenvalue weighted by molar-refractivity contribution is 0.155. The van der Waals surface area contributed by atoms with E-state index in [-0.39, 0.29) is 6.67 Å². The zero-order valence-corrected chi connectivity index (χ0v) is 10.5. The molecular weight excluding hydrogens is 215 g/mol. The molecule has 0 atom stereocenters. The molecule has 94 valence electrons. The van der Waals surface area contributed by atoms with Gasteiger partial charge in [-0.3, -0.25) is 9.29 Å². The Hall–Kier alpha value is -1.09. The van der Waals surface area contributed by atoms with Crippen LogP contribution < -0.4 is 5.32 Å². The molecule has 17 heavy (non-hydrogen) atoms. The van der Waals surface area contributed by atoms with E-state index in [1.165, 1.54) is 11.3 Å². The third-order valence-corrected chi connectivity index (χ3v) is 3.30. The summed E-state index contributed by atoms with van der Waals surface area (Å²) in [4.78, 5) is 2.29. The predicted molar refractivity (Wildman–Crippen MR) is 70.3 cm³/mol. The van der Waals surface area contributed by atoms with E-state index < -0.39 is 0 Å². The van der Waals surface area contributed by atoms with Crippen LogP contribution in [0.4, 0.5) is 10.1 Å². The molecule has 1 saturated heterocycles. The van der Waals surface area contributed by atoms with E-state index in [1.807, 2.05) is 0 Å². The van der Waals surface area contributed by atoms with E-state index >= 15 is 0 Å². The summed E-state index contributed by atoms with van der Waals surface area (Å²) >= 11 is 0. The van der Waals surface area contributed by atoms with Crippen molar-refractivity contribution in [2.24, 2.45) is 0 Å². The van der Waals surface area contributed by atoms with Crippen molar-refractivity contribution in [2.45, 2.75) is 25.8 Å². The van der Waals surface area contributed by atoms with E-state index in [1.54, 1.807) is 0 Å². The third kappa shape index (κ3) is 3.43. The first-order chi connectivity index (χ1) is 8.31. The zero-order chi connectivity index (χ0) is 12.1. The van der Waals surface area contributed by atoms with Crippen molar-refractivity contribution >= 4 is 5.69 Å². The van der Waals surface area contributed by atoms with Crippen molar-refractivity contribution < 1.29 is 4.39 Å². The van der Waals surface area contributed by atoms with Crippen LogP contribution in [0.1, 0.15) is 18.9 Å². The van der Waals surface area contributed by atoms with Gasteiger partial charge in [-0.05, 0) is 30.5 Å². The second-order valence-electron chi connectivity index (χ2n) is 4.69. The van der Waals surface area contributed by atoms with Gasteiger partial charge in [-0.25, -0.2) is 0 Å². The molecule has 0 spiro atoms. The van der Waals surface area contributed by atoms with E-state index in [0.717, 1.165) is 26.1 Å². The van der Waals surface area contributed by atoms with Gasteiger partial charge in [0.05, 0.1) is 12.7 Å². The fourth-order valence-electron chi connectivity index (χ4n) is 2.20. The van der Waals surface area contributed by atoms with Gasteiger partial charge in [-0.1, -0.05) is 19.1 Å². The minimum absolute atomic E-state index is 0.201. The molecule has 1 fully saturated rings. The van der Waals surface area contributed by atoms with Gasteiger partial charge >= 0.3 is 0 Å². The summed E-state index contributed by atoms with van der Waals surface area (Å²) in [6.07, 6.45) is 1.75. The molecule has 3 heteroatoms. The second-order valence-corrected chi connectivity index (χ2v) is 4.69. The molecule has 1 aliphatic rings. The molecule has 1 aromatic rings. The molecule has 0 aliphatic carbocycles. The SMILES string of the molecule is CCc1ccc(NC2CN(CCCF)C2)cc1. The molecule has 0 radical (unpaired) electrons. The minimum Gasteiger partial charge on any atom is -0.380 e. The number of alkyl halides is 1. The molecule has 1 N–H and O–H groups in total. The van der Waals surface area contributed by atoms with E-state index in [2.05, 4.69) is 41.4 Å². The maximum absolute atomic E-state index is 12.0. The summed E-state index contributed by atoms with van der Waals surface area (Å²) in [6.45, 7) is 4.93. The average Bonchev–Trinajstić information content (AvgIpc) is 2.32. The van der Waals surface area contributed by atoms with Crippen molar-refractivity contribution in [3.8, 4) is 0 Å². The Labute approximate surface area is 103 Å². The van der Waals surface area contributed by atoms with Crippen LogP contribution in [0.25, 0.3) is 0 Å². The first-order valence-electron chi connectivity index (χ1n) is 6.45. The average molecular weight is 236 g/mol. The number of nitrogens with one attached hydrogen (secondary N) is 1. The lowest BCUT2D eigenvalue weighted by Gasteiger charge is -2.40. The van der Waals surface area contributed by atoms with Crippen molar-refractivity contribution in [2.75, 3.05) is 31.6 Å². The fraction of sp³-hybridized carbons (Fsp3) is 0.571. The first-order valence-corrected chi connectivity index (χ1v) is 6.45. The standard InChI is InChI=1S/C14H21FN2/c1-2-12-4-6-13(7-5-12)16-14-10-17(11-14)9-3-8-15/h4-7,14,16H,2-3,8-11H2,1H3. The Bertz CT molecular complexity index is 331. The largest absolute Gasteiger partial charge is 0.380 e. The maximum Gasteiger partial charge on any atom is 0.0906 e. The van der Waals surface area contributed by atoms with Crippen molar-refractivity contribution in [3.05, 3.63) is 29.8 Å². The molecule has 0 amide bonds. The normalized spacial score (nSPS) is 16.8. The molecular formula is C14H21FN2. The number of rotatable bonds is 6. The highest BCUT2D eigenvalue weighted by Crippen LogP contribution is 2.16. The fourth-order valence-corrected chi connectivity index (χ4v) is 2.20. The summed E-state index contributed by atoms with van der Waals surface area (Å²) in [5, 5.41) is 3.50. The Morgan fingerprint density at radius 3 is 2.59 bits per heavy atom. The van der Waals surface area contributed by atoms with Crippen LogP contribution in [-0.4, -0.2) is 37.3 Å². The van der Waals surface area contributed by atoms with Crippen molar-refractivity contribution in [3.63, 3.8) is 0 Å². The maximum atomic E-state index is 12.0. The Morgan fingerprint density at radius 2 is 2.00 bits per heavy atom. The number of benzene rings is 1. The van der Waals surface area contributed by atoms with Gasteiger partial charge in [0.2, 0.25) is 0 Å². The minimum atomic E-state index is -0.201. The predicted octanol–water partition coefficient (Wildman–Crippen LogP) is 2.70. The van der Waals surface area contributed by atoms with Gasteiger partial charge in [0.1, 0.15) is 0 Å². The Kier molecular flexibility index (Phi) is 4.37. The van der Waals surface area contributed by atoms with Crippen LogP contribution in [0.15, 0.2) is 24.3 Å². The first kappa shape index (κ1) is 12.4. The van der Waals surface area contributed by atoms with E-state index in [9.17, 15) is 4.39 Å². The van der Waals surface area contributed by atoms with Crippen LogP contribution in [-0.2, 0) is 6.42 Å². The lowest BCUT2D eigenvalue weighted by atomic mass is 10.1. The lowest BCUT2D eigenvalue weighted by Crippen LogP contribution is -2.54. The zero-order valence-electron chi connectivity index (χ0n) is 10.5. The number of aryl methyl sites for hydroxylation is 1. The molecule has 1 aliphatic heterocycles. The van der Waals surface area contributed by atoms with Gasteiger partial charge < -0.3 is 5.32 Å². The highest BCUT2D eigenvalue weighted by molar-refractivity contribution is 5.46. The monoisotopic (exact) mass is 236 g/mol. The second kappa shape index (κ2) is 6.01. The number of nitrogens with zero attached hydrogens (tertiary/aromatic N) is 1. The van der Waals surface area contributed by atoms with Crippen LogP contribution in [0, 0.1) is 0 Å². The number of halogens is 1. The van der Waals surface area contributed by atoms with Crippen LogP contribution in [0.5, 0.6) is 0 Å². The number of anilines is 1. The molecule has 2 nitrogen and oxygen atoms in total. The molecule has 2 rings (SSSR count). The highest BCUT2D eigenvalue weighted by atomic mass is 19.1. The summed E-state index contributed by atoms with van der Waals surface area (Å²) in [7, 11) is 0. The number of hydrogen-bond acceptors (Lipinski definition) is 2. The van der Waals surface area contributed by atoms with Gasteiger partial charge in [-0.15, -0.1) is 0 Å². The van der Waals surface area contributed by atoms with Crippen molar-refractivity contribution in [1.29, 1.82) is 0 Å². The topological polar surface area (TPSA) is 15.3 Å². The molecule has 0 bridgehead atoms. The van der Waals surface area contributed by atoms with Crippen molar-refractivity contribution in [1.82, 2.24) is 4.90 Å². The number of likely N-dealkylation sites (tertiary alicyclic amines) is 1. The quantitative estimate of drug-likeness (QED) is 0.817. The third-order valence-electron chi connectivity index (χ3n) is 3.30. The summed E-state index contributed by atoms with van der Waals surface area (Å²) in [5.41, 5.74) is 2.56.